The largest absolute Gasteiger partial charge is 0.416 e. The Morgan fingerprint density at radius 3 is 2.67 bits per heavy atom. The maximum Gasteiger partial charge on any atom is 0.416 e. The summed E-state index contributed by atoms with van der Waals surface area (Å²) in [5, 5.41) is 5.32. The van der Waals surface area contributed by atoms with E-state index in [1.54, 1.807) is 31.5 Å². The van der Waals surface area contributed by atoms with Gasteiger partial charge < -0.3 is 10.2 Å². The van der Waals surface area contributed by atoms with Crippen LogP contribution in [0.4, 0.5) is 23.9 Å². The van der Waals surface area contributed by atoms with Gasteiger partial charge in [0, 0.05) is 38.4 Å². The maximum absolute atomic E-state index is 13.3. The highest BCUT2D eigenvalue weighted by Crippen LogP contribution is 2.30. The average molecular weight is 573 g/mol. The molecule has 4 rings (SSSR count). The highest BCUT2D eigenvalue weighted by Gasteiger charge is 2.31. The lowest BCUT2D eigenvalue weighted by Crippen LogP contribution is -2.38. The maximum atomic E-state index is 13.3. The molecule has 3 heterocycles. The van der Waals surface area contributed by atoms with Gasteiger partial charge in [0.05, 0.1) is 21.9 Å². The standard InChI is InChI=1S/C28H31F3N6O2S/c1-3-5-20(24(32-2)19-6-4-7-21(14-19)28(29,30)31)17-33-16-18-9-12-37(13-10-18)26-34-11-8-22(35-26)15-23-25(38)36-27(39)40-23/h4-8,11,14-15,18,33H,3,9-10,12-13,16-17H2,1-2H3,(H,36,38,39)/b20-5-,23-15-,32-24?. The predicted octanol–water partition coefficient (Wildman–Crippen LogP) is 5.08. The van der Waals surface area contributed by atoms with E-state index in [1.807, 2.05) is 13.0 Å². The van der Waals surface area contributed by atoms with Crippen LogP contribution in [0.15, 0.2) is 58.1 Å². The van der Waals surface area contributed by atoms with Gasteiger partial charge in [0.25, 0.3) is 11.1 Å². The van der Waals surface area contributed by atoms with Crippen LogP contribution in [0, 0.1) is 5.92 Å². The average Bonchev–Trinajstić information content (AvgIpc) is 3.25. The molecule has 40 heavy (non-hydrogen) atoms. The molecule has 0 spiro atoms. The minimum atomic E-state index is -4.41. The van der Waals surface area contributed by atoms with Crippen LogP contribution in [0.5, 0.6) is 0 Å². The summed E-state index contributed by atoms with van der Waals surface area (Å²) in [6.45, 7) is 4.80. The zero-order valence-corrected chi connectivity index (χ0v) is 23.1. The summed E-state index contributed by atoms with van der Waals surface area (Å²) in [7, 11) is 1.60. The second-order valence-electron chi connectivity index (χ2n) is 9.48. The Kier molecular flexibility index (Phi) is 9.75. The van der Waals surface area contributed by atoms with Gasteiger partial charge in [-0.1, -0.05) is 25.1 Å². The van der Waals surface area contributed by atoms with Crippen LogP contribution in [0.2, 0.25) is 0 Å². The van der Waals surface area contributed by atoms with Crippen molar-refractivity contribution in [3.63, 3.8) is 0 Å². The normalized spacial score (nSPS) is 18.5. The van der Waals surface area contributed by atoms with E-state index in [1.165, 1.54) is 6.07 Å². The zero-order valence-electron chi connectivity index (χ0n) is 22.3. The fraction of sp³-hybridized carbons (Fsp3) is 0.393. The Labute approximate surface area is 235 Å². The van der Waals surface area contributed by atoms with Gasteiger partial charge in [-0.25, -0.2) is 9.97 Å². The second-order valence-corrected chi connectivity index (χ2v) is 10.5. The topological polar surface area (TPSA) is 99.6 Å². The molecule has 0 atom stereocenters. The first kappa shape index (κ1) is 29.5. The number of hydrogen-bond donors (Lipinski definition) is 2. The summed E-state index contributed by atoms with van der Waals surface area (Å²) in [6.07, 6.45) is 3.39. The van der Waals surface area contributed by atoms with Crippen LogP contribution < -0.4 is 15.5 Å². The van der Waals surface area contributed by atoms with Gasteiger partial charge in [0.2, 0.25) is 5.95 Å². The number of halogens is 3. The number of hydrogen-bond acceptors (Lipinski definition) is 8. The summed E-state index contributed by atoms with van der Waals surface area (Å²) in [5.41, 5.74) is 1.75. The van der Waals surface area contributed by atoms with E-state index in [2.05, 4.69) is 30.5 Å². The van der Waals surface area contributed by atoms with Crippen LogP contribution in [0.25, 0.3) is 6.08 Å². The quantitative estimate of drug-likeness (QED) is 0.319. The molecule has 2 N–H and O–H groups in total. The number of nitrogens with zero attached hydrogens (tertiary/aromatic N) is 4. The molecule has 2 aliphatic rings. The number of carbonyl (C=O) groups is 2. The molecule has 2 saturated heterocycles. The molecule has 12 heteroatoms. The number of benzene rings is 1. The van der Waals surface area contributed by atoms with Crippen molar-refractivity contribution >= 4 is 40.6 Å². The van der Waals surface area contributed by atoms with E-state index >= 15 is 0 Å². The van der Waals surface area contributed by atoms with Crippen molar-refractivity contribution in [3.8, 4) is 0 Å². The van der Waals surface area contributed by atoms with E-state index < -0.39 is 22.9 Å². The van der Waals surface area contributed by atoms with Gasteiger partial charge >= 0.3 is 6.18 Å². The van der Waals surface area contributed by atoms with E-state index in [9.17, 15) is 22.8 Å². The molecule has 0 bridgehead atoms. The molecule has 0 radical (unpaired) electrons. The summed E-state index contributed by atoms with van der Waals surface area (Å²) < 4.78 is 39.8. The lowest BCUT2D eigenvalue weighted by molar-refractivity contribution is -0.137. The van der Waals surface area contributed by atoms with Gasteiger partial charge in [0.1, 0.15) is 0 Å². The van der Waals surface area contributed by atoms with Crippen molar-refractivity contribution in [2.24, 2.45) is 10.9 Å². The number of allylic oxidation sites excluding steroid dienone is 1. The van der Waals surface area contributed by atoms with E-state index in [0.717, 1.165) is 68.4 Å². The minimum absolute atomic E-state index is 0.306. The molecule has 0 saturated carbocycles. The van der Waals surface area contributed by atoms with Crippen LogP contribution in [0.1, 0.15) is 43.0 Å². The van der Waals surface area contributed by atoms with Crippen molar-refractivity contribution in [3.05, 3.63) is 69.9 Å². The number of aromatic nitrogens is 2. The first-order valence-corrected chi connectivity index (χ1v) is 13.9. The predicted molar refractivity (Wildman–Crippen MR) is 151 cm³/mol. The molecular weight excluding hydrogens is 541 g/mol. The zero-order chi connectivity index (χ0) is 28.7. The van der Waals surface area contributed by atoms with E-state index in [-0.39, 0.29) is 0 Å². The van der Waals surface area contributed by atoms with Crippen LogP contribution in [0.3, 0.4) is 0 Å². The highest BCUT2D eigenvalue weighted by atomic mass is 32.2. The molecule has 0 aliphatic carbocycles. The summed E-state index contributed by atoms with van der Waals surface area (Å²) in [5.74, 6) is 0.575. The molecule has 212 valence electrons. The summed E-state index contributed by atoms with van der Waals surface area (Å²) in [6, 6.07) is 6.98. The number of carbonyl (C=O) groups excluding carboxylic acids is 2. The number of aliphatic imine (C=N–C) groups is 1. The van der Waals surface area contributed by atoms with Crippen LogP contribution >= 0.6 is 11.8 Å². The number of nitrogens with one attached hydrogen (secondary N) is 2. The third kappa shape index (κ3) is 7.57. The SMILES string of the molecule is CC/C=C(/CNCC1CCN(c2nccc(/C=C3\SC(=O)NC3=O)n2)CC1)C(=NC)c1cccc(C(F)(F)F)c1. The first-order valence-electron chi connectivity index (χ1n) is 13.0. The van der Waals surface area contributed by atoms with Gasteiger partial charge in [-0.05, 0) is 73.3 Å². The molecule has 2 fully saturated rings. The van der Waals surface area contributed by atoms with Gasteiger partial charge in [0.15, 0.2) is 0 Å². The monoisotopic (exact) mass is 572 g/mol. The number of rotatable bonds is 9. The Morgan fingerprint density at radius 2 is 2.02 bits per heavy atom. The molecule has 1 aromatic heterocycles. The van der Waals surface area contributed by atoms with Crippen LogP contribution in [-0.4, -0.2) is 60.1 Å². The number of thioether (sulfide) groups is 1. The highest BCUT2D eigenvalue weighted by molar-refractivity contribution is 8.18. The molecule has 2 aliphatic heterocycles. The fourth-order valence-electron chi connectivity index (χ4n) is 4.70. The van der Waals surface area contributed by atoms with Gasteiger partial charge in [-0.15, -0.1) is 0 Å². The Hall–Kier alpha value is -3.51. The number of imide groups is 1. The second kappa shape index (κ2) is 13.2. The van der Waals surface area contributed by atoms with Crippen molar-refractivity contribution in [1.29, 1.82) is 0 Å². The number of piperidine rings is 1. The fourth-order valence-corrected chi connectivity index (χ4v) is 5.36. The van der Waals surface area contributed by atoms with E-state index in [4.69, 9.17) is 0 Å². The summed E-state index contributed by atoms with van der Waals surface area (Å²) >= 11 is 0.850. The van der Waals surface area contributed by atoms with E-state index in [0.29, 0.717) is 40.3 Å². The van der Waals surface area contributed by atoms with Crippen molar-refractivity contribution in [2.45, 2.75) is 32.4 Å². The third-order valence-electron chi connectivity index (χ3n) is 6.67. The van der Waals surface area contributed by atoms with Gasteiger partial charge in [-0.2, -0.15) is 13.2 Å². The summed E-state index contributed by atoms with van der Waals surface area (Å²) in [4.78, 5) is 38.9. The molecule has 2 aromatic rings. The van der Waals surface area contributed by atoms with Crippen LogP contribution in [-0.2, 0) is 11.0 Å². The smallest absolute Gasteiger partial charge is 0.341 e. The first-order chi connectivity index (χ1) is 19.2. The van der Waals surface area contributed by atoms with Gasteiger partial charge in [-0.3, -0.25) is 19.9 Å². The molecule has 2 amide bonds. The molecule has 1 aromatic carbocycles. The Bertz CT molecular complexity index is 1330. The van der Waals surface area contributed by atoms with Crippen molar-refractivity contribution < 1.29 is 22.8 Å². The number of anilines is 1. The molecule has 0 unspecified atom stereocenters. The number of alkyl halides is 3. The Balaban J connectivity index is 1.31. The lowest BCUT2D eigenvalue weighted by Gasteiger charge is -2.32. The number of amides is 2. The van der Waals surface area contributed by atoms with Crippen molar-refractivity contribution in [1.82, 2.24) is 20.6 Å². The molecule has 8 nitrogen and oxygen atoms in total. The molecular formula is C28H31F3N6O2S. The third-order valence-corrected chi connectivity index (χ3v) is 7.48. The Morgan fingerprint density at radius 1 is 1.25 bits per heavy atom. The van der Waals surface area contributed by atoms with Crippen molar-refractivity contribution in [2.75, 3.05) is 38.1 Å². The minimum Gasteiger partial charge on any atom is -0.341 e. The lowest BCUT2D eigenvalue weighted by atomic mass is 9.96.